The SMILES string of the molecule is COCc1cccc(-c2nsc(N)n2)c1. The van der Waals surface area contributed by atoms with Gasteiger partial charge in [0, 0.05) is 24.2 Å². The van der Waals surface area contributed by atoms with Crippen molar-refractivity contribution in [2.45, 2.75) is 6.61 Å². The maximum absolute atomic E-state index is 5.53. The van der Waals surface area contributed by atoms with Crippen LogP contribution in [0.25, 0.3) is 11.4 Å². The Morgan fingerprint density at radius 1 is 1.47 bits per heavy atom. The zero-order valence-corrected chi connectivity index (χ0v) is 9.12. The zero-order chi connectivity index (χ0) is 10.7. The summed E-state index contributed by atoms with van der Waals surface area (Å²) < 4.78 is 9.21. The van der Waals surface area contributed by atoms with E-state index in [2.05, 4.69) is 9.36 Å². The molecule has 0 aliphatic heterocycles. The van der Waals surface area contributed by atoms with E-state index in [1.807, 2.05) is 24.3 Å². The highest BCUT2D eigenvalue weighted by Gasteiger charge is 2.04. The quantitative estimate of drug-likeness (QED) is 0.860. The van der Waals surface area contributed by atoms with E-state index in [0.29, 0.717) is 17.6 Å². The van der Waals surface area contributed by atoms with Crippen molar-refractivity contribution >= 4 is 16.7 Å². The van der Waals surface area contributed by atoms with Crippen molar-refractivity contribution in [3.05, 3.63) is 29.8 Å². The van der Waals surface area contributed by atoms with Crippen LogP contribution in [0, 0.1) is 0 Å². The first-order valence-electron chi connectivity index (χ1n) is 4.47. The number of nitrogen functional groups attached to an aromatic ring is 1. The van der Waals surface area contributed by atoms with Crippen LogP contribution in [-0.4, -0.2) is 16.5 Å². The summed E-state index contributed by atoms with van der Waals surface area (Å²) in [6.45, 7) is 0.591. The molecule has 0 radical (unpaired) electrons. The lowest BCUT2D eigenvalue weighted by Crippen LogP contribution is -1.89. The minimum Gasteiger partial charge on any atom is -0.380 e. The number of nitrogens with two attached hydrogens (primary N) is 1. The Labute approximate surface area is 91.9 Å². The first kappa shape index (κ1) is 10.1. The minimum atomic E-state index is 0.488. The molecule has 15 heavy (non-hydrogen) atoms. The van der Waals surface area contributed by atoms with Crippen LogP contribution in [0.4, 0.5) is 5.13 Å². The van der Waals surface area contributed by atoms with Gasteiger partial charge in [0.15, 0.2) is 11.0 Å². The fourth-order valence-corrected chi connectivity index (χ4v) is 1.77. The van der Waals surface area contributed by atoms with Crippen LogP contribution in [0.5, 0.6) is 0 Å². The van der Waals surface area contributed by atoms with Gasteiger partial charge in [-0.15, -0.1) is 0 Å². The molecule has 0 spiro atoms. The summed E-state index contributed by atoms with van der Waals surface area (Å²) >= 11 is 1.20. The molecule has 0 atom stereocenters. The molecule has 2 N–H and O–H groups in total. The molecule has 0 saturated heterocycles. The predicted molar refractivity (Wildman–Crippen MR) is 60.5 cm³/mol. The second-order valence-corrected chi connectivity index (χ2v) is 3.87. The molecule has 0 unspecified atom stereocenters. The summed E-state index contributed by atoms with van der Waals surface area (Å²) in [7, 11) is 1.67. The molecule has 2 aromatic rings. The number of hydrogen-bond acceptors (Lipinski definition) is 5. The number of hydrogen-bond donors (Lipinski definition) is 1. The van der Waals surface area contributed by atoms with Gasteiger partial charge in [-0.05, 0) is 11.6 Å². The van der Waals surface area contributed by atoms with Crippen molar-refractivity contribution in [2.75, 3.05) is 12.8 Å². The second-order valence-electron chi connectivity index (χ2n) is 3.09. The van der Waals surface area contributed by atoms with Gasteiger partial charge in [0.2, 0.25) is 0 Å². The Morgan fingerprint density at radius 3 is 3.00 bits per heavy atom. The number of rotatable bonds is 3. The van der Waals surface area contributed by atoms with E-state index in [4.69, 9.17) is 10.5 Å². The van der Waals surface area contributed by atoms with Crippen molar-refractivity contribution in [3.63, 3.8) is 0 Å². The molecule has 0 aliphatic rings. The monoisotopic (exact) mass is 221 g/mol. The van der Waals surface area contributed by atoms with Crippen LogP contribution < -0.4 is 5.73 Å². The number of anilines is 1. The highest BCUT2D eigenvalue weighted by Crippen LogP contribution is 2.20. The van der Waals surface area contributed by atoms with Crippen LogP contribution in [0.1, 0.15) is 5.56 Å². The number of ether oxygens (including phenoxy) is 1. The molecule has 0 bridgehead atoms. The van der Waals surface area contributed by atoms with Gasteiger partial charge in [-0.2, -0.15) is 9.36 Å². The van der Waals surface area contributed by atoms with E-state index in [-0.39, 0.29) is 0 Å². The first-order chi connectivity index (χ1) is 7.29. The van der Waals surface area contributed by atoms with Gasteiger partial charge in [-0.3, -0.25) is 0 Å². The molecule has 4 nitrogen and oxygen atoms in total. The summed E-state index contributed by atoms with van der Waals surface area (Å²) in [6.07, 6.45) is 0. The third kappa shape index (κ3) is 2.31. The summed E-state index contributed by atoms with van der Waals surface area (Å²) in [5, 5.41) is 0.488. The lowest BCUT2D eigenvalue weighted by Gasteiger charge is -2.00. The van der Waals surface area contributed by atoms with E-state index >= 15 is 0 Å². The Kier molecular flexibility index (Phi) is 2.94. The molecule has 0 aliphatic carbocycles. The van der Waals surface area contributed by atoms with E-state index < -0.39 is 0 Å². The summed E-state index contributed by atoms with van der Waals surface area (Å²) in [4.78, 5) is 4.13. The van der Waals surface area contributed by atoms with Crippen LogP contribution in [0.3, 0.4) is 0 Å². The molecule has 1 heterocycles. The molecule has 0 amide bonds. The lowest BCUT2D eigenvalue weighted by molar-refractivity contribution is 0.185. The van der Waals surface area contributed by atoms with Crippen molar-refractivity contribution in [1.29, 1.82) is 0 Å². The van der Waals surface area contributed by atoms with Crippen molar-refractivity contribution < 1.29 is 4.74 Å². The third-order valence-corrected chi connectivity index (χ3v) is 2.48. The molecular weight excluding hydrogens is 210 g/mol. The molecule has 5 heteroatoms. The average molecular weight is 221 g/mol. The highest BCUT2D eigenvalue weighted by molar-refractivity contribution is 7.09. The maximum Gasteiger partial charge on any atom is 0.200 e. The van der Waals surface area contributed by atoms with Crippen LogP contribution in [-0.2, 0) is 11.3 Å². The van der Waals surface area contributed by atoms with Crippen molar-refractivity contribution in [2.24, 2.45) is 0 Å². The van der Waals surface area contributed by atoms with Gasteiger partial charge in [0.25, 0.3) is 0 Å². The van der Waals surface area contributed by atoms with Crippen molar-refractivity contribution in [1.82, 2.24) is 9.36 Å². The number of aromatic nitrogens is 2. The van der Waals surface area contributed by atoms with Gasteiger partial charge in [-0.25, -0.2) is 0 Å². The topological polar surface area (TPSA) is 61.0 Å². The minimum absolute atomic E-state index is 0.488. The lowest BCUT2D eigenvalue weighted by atomic mass is 10.1. The predicted octanol–water partition coefficient (Wildman–Crippen LogP) is 1.93. The molecular formula is C10H11N3OS. The number of nitrogens with zero attached hydrogens (tertiary/aromatic N) is 2. The van der Waals surface area contributed by atoms with Gasteiger partial charge < -0.3 is 10.5 Å². The normalized spacial score (nSPS) is 10.5. The van der Waals surface area contributed by atoms with Crippen LogP contribution in [0.15, 0.2) is 24.3 Å². The molecule has 2 rings (SSSR count). The molecule has 1 aromatic heterocycles. The molecule has 78 valence electrons. The zero-order valence-electron chi connectivity index (χ0n) is 8.30. The fourth-order valence-electron chi connectivity index (χ4n) is 1.32. The molecule has 1 aromatic carbocycles. The van der Waals surface area contributed by atoms with Gasteiger partial charge >= 0.3 is 0 Å². The van der Waals surface area contributed by atoms with E-state index in [9.17, 15) is 0 Å². The van der Waals surface area contributed by atoms with E-state index in [0.717, 1.165) is 11.1 Å². The Balaban J connectivity index is 2.32. The van der Waals surface area contributed by atoms with E-state index in [1.165, 1.54) is 11.5 Å². The number of benzene rings is 1. The smallest absolute Gasteiger partial charge is 0.200 e. The van der Waals surface area contributed by atoms with Crippen LogP contribution in [0.2, 0.25) is 0 Å². The standard InChI is InChI=1S/C10H11N3OS/c1-14-6-7-3-2-4-8(5-7)9-12-10(11)15-13-9/h2-5H,6H2,1H3,(H2,11,12,13). The van der Waals surface area contributed by atoms with Gasteiger partial charge in [0.05, 0.1) is 6.61 Å². The summed E-state index contributed by atoms with van der Waals surface area (Å²) in [5.74, 6) is 0.676. The third-order valence-electron chi connectivity index (χ3n) is 1.94. The van der Waals surface area contributed by atoms with Crippen molar-refractivity contribution in [3.8, 4) is 11.4 Å². The van der Waals surface area contributed by atoms with Gasteiger partial charge in [0.1, 0.15) is 0 Å². The first-order valence-corrected chi connectivity index (χ1v) is 5.24. The van der Waals surface area contributed by atoms with Crippen LogP contribution >= 0.6 is 11.5 Å². The fraction of sp³-hybridized carbons (Fsp3) is 0.200. The average Bonchev–Trinajstić information content (AvgIpc) is 2.66. The Bertz CT molecular complexity index is 455. The van der Waals surface area contributed by atoms with E-state index in [1.54, 1.807) is 7.11 Å². The molecule has 0 fully saturated rings. The highest BCUT2D eigenvalue weighted by atomic mass is 32.1. The summed E-state index contributed by atoms with van der Waals surface area (Å²) in [6, 6.07) is 7.93. The number of methoxy groups -OCH3 is 1. The van der Waals surface area contributed by atoms with Gasteiger partial charge in [-0.1, -0.05) is 18.2 Å². The molecule has 0 saturated carbocycles. The maximum atomic E-state index is 5.53. The Hall–Kier alpha value is -1.46. The Morgan fingerprint density at radius 2 is 2.33 bits per heavy atom. The largest absolute Gasteiger partial charge is 0.380 e. The summed E-state index contributed by atoms with van der Waals surface area (Å²) in [5.41, 5.74) is 7.60. The second kappa shape index (κ2) is 4.37.